The Morgan fingerprint density at radius 3 is 2.61 bits per heavy atom. The normalized spacial score (nSPS) is 11.6. The van der Waals surface area contributed by atoms with Gasteiger partial charge in [0.15, 0.2) is 6.10 Å². The number of rotatable bonds is 10. The van der Waals surface area contributed by atoms with Gasteiger partial charge in [-0.05, 0) is 31.9 Å². The summed E-state index contributed by atoms with van der Waals surface area (Å²) in [5, 5.41) is 0. The van der Waals surface area contributed by atoms with Crippen LogP contribution in [-0.4, -0.2) is 45.3 Å². The van der Waals surface area contributed by atoms with E-state index in [2.05, 4.69) is 23.7 Å². The number of hydrogen-bond donors (Lipinski definition) is 0. The molecule has 1 rings (SSSR count). The maximum absolute atomic E-state index is 11.9. The summed E-state index contributed by atoms with van der Waals surface area (Å²) in [5.74, 6) is 12.5. The first-order valence-electron chi connectivity index (χ1n) is 9.20. The average molecular weight is 401 g/mol. The monoisotopic (exact) mass is 400 g/mol. The highest BCUT2D eigenvalue weighted by molar-refractivity contribution is 7.99. The SMILES string of the molecule is C/C=C(/C#CCCCCOC)C(C#CCSc1ccccc1)OC(=O)COC. The van der Waals surface area contributed by atoms with Crippen LogP contribution in [0.15, 0.2) is 46.9 Å². The predicted molar refractivity (Wildman–Crippen MR) is 114 cm³/mol. The number of benzene rings is 1. The van der Waals surface area contributed by atoms with Crippen molar-refractivity contribution in [1.29, 1.82) is 0 Å². The molecule has 0 aliphatic carbocycles. The quantitative estimate of drug-likeness (QED) is 0.256. The smallest absolute Gasteiger partial charge is 0.333 e. The zero-order chi connectivity index (χ0) is 20.5. The molecular weight excluding hydrogens is 372 g/mol. The van der Waals surface area contributed by atoms with E-state index in [1.54, 1.807) is 18.9 Å². The molecule has 0 N–H and O–H groups in total. The number of allylic oxidation sites excluding steroid dienone is 1. The second-order valence-corrected chi connectivity index (χ2v) is 6.77. The average Bonchev–Trinajstić information content (AvgIpc) is 2.71. The zero-order valence-corrected chi connectivity index (χ0v) is 17.6. The Morgan fingerprint density at radius 1 is 1.14 bits per heavy atom. The highest BCUT2D eigenvalue weighted by Crippen LogP contribution is 2.16. The van der Waals surface area contributed by atoms with Gasteiger partial charge in [0.2, 0.25) is 0 Å². The number of thioether (sulfide) groups is 1. The van der Waals surface area contributed by atoms with Gasteiger partial charge < -0.3 is 14.2 Å². The molecule has 28 heavy (non-hydrogen) atoms. The second kappa shape index (κ2) is 15.8. The molecule has 4 nitrogen and oxygen atoms in total. The maximum atomic E-state index is 11.9. The molecule has 1 aromatic rings. The van der Waals surface area contributed by atoms with E-state index in [0.717, 1.165) is 30.8 Å². The molecular formula is C23H28O4S. The highest BCUT2D eigenvalue weighted by atomic mass is 32.2. The van der Waals surface area contributed by atoms with Gasteiger partial charge in [0.1, 0.15) is 6.61 Å². The standard InChI is InChI=1S/C23H28O4S/c1-4-20(13-8-5-6-11-17-25-2)22(27-23(24)19-26-3)16-12-18-28-21-14-9-7-10-15-21/h4,7,9-10,14-15,22H,5-6,11,17-19H2,1-3H3/b20-4-. The third-order valence-corrected chi connectivity index (χ3v) is 4.42. The van der Waals surface area contributed by atoms with Gasteiger partial charge in [-0.15, -0.1) is 11.8 Å². The molecule has 0 bridgehead atoms. The zero-order valence-electron chi connectivity index (χ0n) is 16.8. The Balaban J connectivity index is 2.72. The minimum absolute atomic E-state index is 0.113. The second-order valence-electron chi connectivity index (χ2n) is 5.72. The van der Waals surface area contributed by atoms with Crippen LogP contribution in [0.3, 0.4) is 0 Å². The van der Waals surface area contributed by atoms with Crippen molar-refractivity contribution >= 4 is 17.7 Å². The third-order valence-electron chi connectivity index (χ3n) is 3.53. The molecule has 1 aromatic carbocycles. The molecule has 1 atom stereocenters. The lowest BCUT2D eigenvalue weighted by atomic mass is 10.1. The molecule has 0 aliphatic heterocycles. The molecule has 0 amide bonds. The van der Waals surface area contributed by atoms with Crippen LogP contribution in [0.2, 0.25) is 0 Å². The van der Waals surface area contributed by atoms with E-state index in [0.29, 0.717) is 11.3 Å². The van der Waals surface area contributed by atoms with Crippen molar-refractivity contribution in [1.82, 2.24) is 0 Å². The van der Waals surface area contributed by atoms with Gasteiger partial charge in [-0.3, -0.25) is 0 Å². The number of methoxy groups -OCH3 is 2. The lowest BCUT2D eigenvalue weighted by Gasteiger charge is -2.12. The molecule has 5 heteroatoms. The molecule has 0 aliphatic rings. The Kier molecular flexibility index (Phi) is 13.5. The summed E-state index contributed by atoms with van der Waals surface area (Å²) in [7, 11) is 3.14. The largest absolute Gasteiger partial charge is 0.442 e. The van der Waals surface area contributed by atoms with Gasteiger partial charge in [0.05, 0.1) is 11.3 Å². The summed E-state index contributed by atoms with van der Waals surface area (Å²) in [6, 6.07) is 10.0. The Bertz CT molecular complexity index is 720. The first-order chi connectivity index (χ1) is 13.7. The van der Waals surface area contributed by atoms with Crippen LogP contribution in [0, 0.1) is 23.7 Å². The van der Waals surface area contributed by atoms with Crippen molar-refractivity contribution in [3.63, 3.8) is 0 Å². The number of ether oxygens (including phenoxy) is 3. The first kappa shape index (κ1) is 23.9. The maximum Gasteiger partial charge on any atom is 0.333 e. The minimum Gasteiger partial charge on any atom is -0.442 e. The van der Waals surface area contributed by atoms with Crippen molar-refractivity contribution in [3.05, 3.63) is 42.0 Å². The van der Waals surface area contributed by atoms with Crippen molar-refractivity contribution < 1.29 is 19.0 Å². The van der Waals surface area contributed by atoms with Gasteiger partial charge in [0.25, 0.3) is 0 Å². The molecule has 0 fully saturated rings. The lowest BCUT2D eigenvalue weighted by molar-refractivity contribution is -0.149. The van der Waals surface area contributed by atoms with Crippen molar-refractivity contribution in [2.45, 2.75) is 37.2 Å². The summed E-state index contributed by atoms with van der Waals surface area (Å²) < 4.78 is 15.3. The third kappa shape index (κ3) is 10.8. The van der Waals surface area contributed by atoms with E-state index in [-0.39, 0.29) is 6.61 Å². The van der Waals surface area contributed by atoms with Gasteiger partial charge in [-0.1, -0.05) is 48.0 Å². The molecule has 0 radical (unpaired) electrons. The predicted octanol–water partition coefficient (Wildman–Crippen LogP) is 4.11. The molecule has 150 valence electrons. The van der Waals surface area contributed by atoms with Crippen molar-refractivity contribution in [2.75, 3.05) is 33.2 Å². The molecule has 0 saturated heterocycles. The summed E-state index contributed by atoms with van der Waals surface area (Å²) in [5.41, 5.74) is 0.688. The van der Waals surface area contributed by atoms with Gasteiger partial charge in [0, 0.05) is 32.1 Å². The molecule has 0 saturated carbocycles. The molecule has 1 unspecified atom stereocenters. The molecule has 0 spiro atoms. The van der Waals surface area contributed by atoms with Crippen LogP contribution in [0.1, 0.15) is 26.2 Å². The van der Waals surface area contributed by atoms with Gasteiger partial charge in [-0.25, -0.2) is 4.79 Å². The van der Waals surface area contributed by atoms with E-state index < -0.39 is 12.1 Å². The van der Waals surface area contributed by atoms with E-state index in [1.165, 1.54) is 7.11 Å². The highest BCUT2D eigenvalue weighted by Gasteiger charge is 2.15. The van der Waals surface area contributed by atoms with Crippen LogP contribution >= 0.6 is 11.8 Å². The summed E-state index contributed by atoms with van der Waals surface area (Å²) in [4.78, 5) is 13.0. The van der Waals surface area contributed by atoms with Crippen molar-refractivity contribution in [2.24, 2.45) is 0 Å². The van der Waals surface area contributed by atoms with E-state index in [4.69, 9.17) is 14.2 Å². The van der Waals surface area contributed by atoms with E-state index >= 15 is 0 Å². The van der Waals surface area contributed by atoms with Crippen LogP contribution in [-0.2, 0) is 19.0 Å². The van der Waals surface area contributed by atoms with Crippen molar-refractivity contribution in [3.8, 4) is 23.7 Å². The molecule has 0 heterocycles. The summed E-state index contributed by atoms with van der Waals surface area (Å²) >= 11 is 1.63. The summed E-state index contributed by atoms with van der Waals surface area (Å²) in [6.07, 6.45) is 3.85. The number of carbonyl (C=O) groups is 1. The van der Waals surface area contributed by atoms with E-state index in [1.807, 2.05) is 43.3 Å². The van der Waals surface area contributed by atoms with Crippen LogP contribution in [0.25, 0.3) is 0 Å². The lowest BCUT2D eigenvalue weighted by Crippen LogP contribution is -2.21. The molecule has 0 aromatic heterocycles. The first-order valence-corrected chi connectivity index (χ1v) is 10.2. The Labute approximate surface area is 173 Å². The van der Waals surface area contributed by atoms with Gasteiger partial charge in [-0.2, -0.15) is 0 Å². The van der Waals surface area contributed by atoms with Crippen LogP contribution in [0.5, 0.6) is 0 Å². The fraction of sp³-hybridized carbons (Fsp3) is 0.435. The number of unbranched alkanes of at least 4 members (excludes halogenated alkanes) is 2. The Morgan fingerprint density at radius 2 is 1.93 bits per heavy atom. The number of esters is 1. The minimum atomic E-state index is -0.685. The van der Waals surface area contributed by atoms with Crippen LogP contribution < -0.4 is 0 Å². The van der Waals surface area contributed by atoms with E-state index in [9.17, 15) is 4.79 Å². The fourth-order valence-electron chi connectivity index (χ4n) is 2.14. The fourth-order valence-corrected chi connectivity index (χ4v) is 2.81. The summed E-state index contributed by atoms with van der Waals surface area (Å²) in [6.45, 7) is 2.49. The number of hydrogen-bond acceptors (Lipinski definition) is 5. The number of carbonyl (C=O) groups excluding carboxylic acids is 1. The topological polar surface area (TPSA) is 44.8 Å². The van der Waals surface area contributed by atoms with Crippen LogP contribution in [0.4, 0.5) is 0 Å². The Hall–Kier alpha value is -2.18. The van der Waals surface area contributed by atoms with Gasteiger partial charge >= 0.3 is 5.97 Å².